The maximum absolute atomic E-state index is 5.36. The van der Waals surface area contributed by atoms with Gasteiger partial charge < -0.3 is 21.3 Å². The summed E-state index contributed by atoms with van der Waals surface area (Å²) in [5, 5.41) is 0. The maximum atomic E-state index is 5.36. The molecule has 0 heterocycles. The van der Waals surface area contributed by atoms with Gasteiger partial charge in [-0.3, -0.25) is 0 Å². The van der Waals surface area contributed by atoms with Crippen molar-refractivity contribution in [2.45, 2.75) is 27.7 Å². The Morgan fingerprint density at radius 2 is 1.36 bits per heavy atom. The molecular weight excluding hydrogens is 262 g/mol. The quantitative estimate of drug-likeness (QED) is 0.390. The van der Waals surface area contributed by atoms with Crippen LogP contribution in [0.15, 0.2) is 0 Å². The molecular formula is C8H18KO2PS2. The second kappa shape index (κ2) is 9.57. The molecule has 0 rings (SSSR count). The van der Waals surface area contributed by atoms with Crippen LogP contribution in [0.4, 0.5) is 0 Å². The molecule has 0 unspecified atom stereocenters. The van der Waals surface area contributed by atoms with Crippen LogP contribution in [0.2, 0.25) is 0 Å². The molecule has 0 atom stereocenters. The molecule has 0 aromatic carbocycles. The summed E-state index contributed by atoms with van der Waals surface area (Å²) in [7, 11) is 0. The third-order valence-corrected chi connectivity index (χ3v) is 3.33. The zero-order chi connectivity index (χ0) is 10.5. The molecule has 0 radical (unpaired) electrons. The Kier molecular flexibility index (Phi) is 12.9. The first-order valence-corrected chi connectivity index (χ1v) is 8.09. The van der Waals surface area contributed by atoms with Crippen molar-refractivity contribution < 1.29 is 60.4 Å². The number of hydrogen-bond donors (Lipinski definition) is 0. The van der Waals surface area contributed by atoms with Crippen LogP contribution in [0.3, 0.4) is 0 Å². The summed E-state index contributed by atoms with van der Waals surface area (Å²) in [6, 6.07) is 0. The molecule has 0 bridgehead atoms. The van der Waals surface area contributed by atoms with Crippen molar-refractivity contribution in [3.05, 3.63) is 0 Å². The van der Waals surface area contributed by atoms with Crippen molar-refractivity contribution in [3.63, 3.8) is 0 Å². The van der Waals surface area contributed by atoms with Crippen molar-refractivity contribution >= 4 is 29.7 Å². The van der Waals surface area contributed by atoms with Gasteiger partial charge in [0.1, 0.15) is 0 Å². The van der Waals surface area contributed by atoms with E-state index in [0.717, 1.165) is 0 Å². The number of hydrogen-bond acceptors (Lipinski definition) is 4. The van der Waals surface area contributed by atoms with E-state index in [2.05, 4.69) is 27.7 Å². The first-order valence-electron chi connectivity index (χ1n) is 4.43. The SMILES string of the molecule is CC(C)COP(=S)([S-])OCC(C)C.[K+]. The van der Waals surface area contributed by atoms with Crippen molar-refractivity contribution in [1.82, 2.24) is 0 Å². The van der Waals surface area contributed by atoms with Crippen LogP contribution < -0.4 is 51.4 Å². The van der Waals surface area contributed by atoms with Crippen LogP contribution in [0.5, 0.6) is 0 Å². The van der Waals surface area contributed by atoms with Gasteiger partial charge in [0, 0.05) is 0 Å². The van der Waals surface area contributed by atoms with Gasteiger partial charge in [-0.2, -0.15) is 0 Å². The Labute approximate surface area is 141 Å². The van der Waals surface area contributed by atoms with Gasteiger partial charge >= 0.3 is 51.4 Å². The normalized spacial score (nSPS) is 11.9. The average Bonchev–Trinajstić information content (AvgIpc) is 1.98. The van der Waals surface area contributed by atoms with E-state index in [4.69, 9.17) is 33.1 Å². The van der Waals surface area contributed by atoms with Crippen LogP contribution in [-0.4, -0.2) is 13.2 Å². The van der Waals surface area contributed by atoms with E-state index in [1.807, 2.05) is 0 Å². The third kappa shape index (κ3) is 12.6. The second-order valence-corrected chi connectivity index (χ2v) is 8.81. The average molecular weight is 280 g/mol. The summed E-state index contributed by atoms with van der Waals surface area (Å²) in [6.07, 6.45) is 0. The third-order valence-electron chi connectivity index (χ3n) is 1.13. The van der Waals surface area contributed by atoms with E-state index in [9.17, 15) is 0 Å². The predicted octanol–water partition coefficient (Wildman–Crippen LogP) is 0.107. The van der Waals surface area contributed by atoms with E-state index >= 15 is 0 Å². The minimum absolute atomic E-state index is 0. The Hall–Kier alpha value is 2.56. The van der Waals surface area contributed by atoms with Crippen LogP contribution in [0.25, 0.3) is 0 Å². The molecule has 80 valence electrons. The Bertz CT molecular complexity index is 172. The predicted molar refractivity (Wildman–Crippen MR) is 63.2 cm³/mol. The van der Waals surface area contributed by atoms with Gasteiger partial charge in [-0.1, -0.05) is 39.5 Å². The molecule has 0 aliphatic heterocycles. The van der Waals surface area contributed by atoms with Gasteiger partial charge in [0.2, 0.25) is 0 Å². The first kappa shape index (κ1) is 18.9. The Balaban J connectivity index is 0. The topological polar surface area (TPSA) is 18.5 Å². The molecule has 0 fully saturated rings. The summed E-state index contributed by atoms with van der Waals surface area (Å²) in [5.41, 5.74) is -2.38. The van der Waals surface area contributed by atoms with E-state index in [-0.39, 0.29) is 51.4 Å². The maximum Gasteiger partial charge on any atom is 1.00 e. The van der Waals surface area contributed by atoms with Crippen LogP contribution >= 0.6 is 5.69 Å². The molecule has 0 saturated carbocycles. The van der Waals surface area contributed by atoms with E-state index in [0.29, 0.717) is 25.0 Å². The van der Waals surface area contributed by atoms with E-state index in [1.165, 1.54) is 0 Å². The Morgan fingerprint density at radius 3 is 1.57 bits per heavy atom. The summed E-state index contributed by atoms with van der Waals surface area (Å²) in [5.74, 6) is 0.904. The van der Waals surface area contributed by atoms with Crippen molar-refractivity contribution in [2.75, 3.05) is 13.2 Å². The fraction of sp³-hybridized carbons (Fsp3) is 1.00. The van der Waals surface area contributed by atoms with Gasteiger partial charge in [0.05, 0.1) is 18.9 Å². The fourth-order valence-corrected chi connectivity index (χ4v) is 2.28. The number of rotatable bonds is 6. The molecule has 14 heavy (non-hydrogen) atoms. The molecule has 0 spiro atoms. The molecule has 0 N–H and O–H groups in total. The molecule has 6 heteroatoms. The zero-order valence-electron chi connectivity index (χ0n) is 9.65. The van der Waals surface area contributed by atoms with Gasteiger partial charge in [-0.15, -0.1) is 0 Å². The van der Waals surface area contributed by atoms with E-state index < -0.39 is 5.69 Å². The van der Waals surface area contributed by atoms with Crippen LogP contribution in [0.1, 0.15) is 27.7 Å². The van der Waals surface area contributed by atoms with Gasteiger partial charge in [0.25, 0.3) is 0 Å². The fourth-order valence-electron chi connectivity index (χ4n) is 0.518. The molecule has 2 nitrogen and oxygen atoms in total. The summed E-state index contributed by atoms with van der Waals surface area (Å²) >= 11 is 10.1. The zero-order valence-corrected chi connectivity index (χ0v) is 15.3. The van der Waals surface area contributed by atoms with Crippen molar-refractivity contribution in [2.24, 2.45) is 11.8 Å². The smallest absolute Gasteiger partial charge is 0.691 e. The van der Waals surface area contributed by atoms with E-state index in [1.54, 1.807) is 0 Å². The van der Waals surface area contributed by atoms with Gasteiger partial charge in [0.15, 0.2) is 0 Å². The minimum atomic E-state index is -2.38. The molecule has 0 aromatic rings. The first-order chi connectivity index (χ1) is 5.83. The summed E-state index contributed by atoms with van der Waals surface area (Å²) < 4.78 is 10.7. The summed E-state index contributed by atoms with van der Waals surface area (Å²) in [6.45, 7) is 9.44. The molecule has 0 amide bonds. The molecule has 0 aliphatic rings. The standard InChI is InChI=1S/C8H19O2PS2.K/c1-7(2)5-9-11(12,13)10-6-8(3)4;/h7-8H,5-6H2,1-4H3,(H,12,13);/q;+1/p-1. The largest absolute Gasteiger partial charge is 1.00 e. The Morgan fingerprint density at radius 1 is 1.07 bits per heavy atom. The monoisotopic (exact) mass is 280 g/mol. The van der Waals surface area contributed by atoms with Crippen LogP contribution in [0, 0.1) is 11.8 Å². The van der Waals surface area contributed by atoms with Gasteiger partial charge in [-0.25, -0.2) is 0 Å². The van der Waals surface area contributed by atoms with Gasteiger partial charge in [-0.05, 0) is 11.8 Å². The minimum Gasteiger partial charge on any atom is -0.691 e. The molecule has 0 aromatic heterocycles. The second-order valence-electron chi connectivity index (χ2n) is 3.83. The van der Waals surface area contributed by atoms with Crippen LogP contribution in [-0.2, 0) is 33.1 Å². The molecule has 0 aliphatic carbocycles. The van der Waals surface area contributed by atoms with Crippen molar-refractivity contribution in [3.8, 4) is 0 Å². The van der Waals surface area contributed by atoms with Crippen molar-refractivity contribution in [1.29, 1.82) is 0 Å². The summed E-state index contributed by atoms with van der Waals surface area (Å²) in [4.78, 5) is 0. The molecule has 0 saturated heterocycles.